The van der Waals surface area contributed by atoms with Gasteiger partial charge in [-0.2, -0.15) is 0 Å². The molecule has 1 aromatic heterocycles. The third-order valence-electron chi connectivity index (χ3n) is 5.93. The fourth-order valence-corrected chi connectivity index (χ4v) is 4.54. The zero-order valence-electron chi connectivity index (χ0n) is 18.4. The van der Waals surface area contributed by atoms with E-state index in [2.05, 4.69) is 4.98 Å². The number of aromatic amines is 1. The van der Waals surface area contributed by atoms with Crippen LogP contribution in [-0.4, -0.2) is 64.1 Å². The van der Waals surface area contributed by atoms with Gasteiger partial charge in [0.2, 0.25) is 5.91 Å². The molecular weight excluding hydrogens is 398 g/mol. The Morgan fingerprint density at radius 1 is 1.10 bits per heavy atom. The SMILES string of the molecule is COC(=O)[C@@H]1Cc2c([nH]c3ccccc23)CN1C(=O)C1CCCN1C(=O)OC(C)(C)C. The number of likely N-dealkylation sites (tertiary alicyclic amines) is 1. The number of fused-ring (bicyclic) bond motifs is 3. The van der Waals surface area contributed by atoms with E-state index in [0.717, 1.165) is 22.2 Å². The van der Waals surface area contributed by atoms with Crippen molar-refractivity contribution in [3.8, 4) is 0 Å². The first-order valence-corrected chi connectivity index (χ1v) is 10.7. The van der Waals surface area contributed by atoms with E-state index in [1.54, 1.807) is 25.7 Å². The topological polar surface area (TPSA) is 91.9 Å². The summed E-state index contributed by atoms with van der Waals surface area (Å²) >= 11 is 0. The van der Waals surface area contributed by atoms with Gasteiger partial charge in [0, 0.05) is 29.6 Å². The van der Waals surface area contributed by atoms with Crippen LogP contribution in [0.15, 0.2) is 24.3 Å². The molecule has 1 unspecified atom stereocenters. The van der Waals surface area contributed by atoms with E-state index < -0.39 is 29.7 Å². The fraction of sp³-hybridized carbons (Fsp3) is 0.522. The number of hydrogen-bond donors (Lipinski definition) is 1. The Morgan fingerprint density at radius 3 is 2.55 bits per heavy atom. The van der Waals surface area contributed by atoms with Gasteiger partial charge in [-0.25, -0.2) is 9.59 Å². The lowest BCUT2D eigenvalue weighted by atomic mass is 9.95. The van der Waals surface area contributed by atoms with Crippen molar-refractivity contribution >= 4 is 28.9 Å². The second kappa shape index (κ2) is 7.90. The molecule has 1 fully saturated rings. The number of nitrogens with zero attached hydrogens (tertiary/aromatic N) is 2. The summed E-state index contributed by atoms with van der Waals surface area (Å²) in [6.07, 6.45) is 1.13. The number of carbonyl (C=O) groups is 3. The average Bonchev–Trinajstić information content (AvgIpc) is 3.35. The minimum Gasteiger partial charge on any atom is -0.467 e. The molecule has 8 nitrogen and oxygen atoms in total. The van der Waals surface area contributed by atoms with Crippen LogP contribution in [0.1, 0.15) is 44.9 Å². The van der Waals surface area contributed by atoms with Gasteiger partial charge < -0.3 is 19.4 Å². The maximum atomic E-state index is 13.6. The monoisotopic (exact) mass is 427 g/mol. The predicted molar refractivity (Wildman–Crippen MR) is 114 cm³/mol. The van der Waals surface area contributed by atoms with Gasteiger partial charge in [-0.1, -0.05) is 18.2 Å². The standard InChI is InChI=1S/C23H29N3O5/c1-23(2,3)31-22(29)25-11-7-10-18(25)20(27)26-13-17-15(12-19(26)21(28)30-4)14-8-5-6-9-16(14)24-17/h5-6,8-9,18-19,24H,7,10-13H2,1-4H3/t18?,19-/m0/s1. The number of nitrogens with one attached hydrogen (secondary N) is 1. The van der Waals surface area contributed by atoms with Crippen LogP contribution >= 0.6 is 0 Å². The summed E-state index contributed by atoms with van der Waals surface area (Å²) in [7, 11) is 1.33. The smallest absolute Gasteiger partial charge is 0.410 e. The molecule has 8 heteroatoms. The van der Waals surface area contributed by atoms with Gasteiger partial charge in [0.25, 0.3) is 0 Å². The molecule has 1 saturated heterocycles. The van der Waals surface area contributed by atoms with Gasteiger partial charge in [0.15, 0.2) is 0 Å². The molecule has 0 bridgehead atoms. The summed E-state index contributed by atoms with van der Waals surface area (Å²) in [5.41, 5.74) is 2.27. The first kappa shape index (κ1) is 21.2. The Hall–Kier alpha value is -3.03. The van der Waals surface area contributed by atoms with E-state index in [1.165, 1.54) is 12.0 Å². The predicted octanol–water partition coefficient (Wildman–Crippen LogP) is 2.99. The van der Waals surface area contributed by atoms with Crippen molar-refractivity contribution in [3.63, 3.8) is 0 Å². The van der Waals surface area contributed by atoms with E-state index in [-0.39, 0.29) is 12.5 Å². The molecule has 2 aliphatic heterocycles. The lowest BCUT2D eigenvalue weighted by Crippen LogP contribution is -2.55. The van der Waals surface area contributed by atoms with Gasteiger partial charge in [-0.05, 0) is 45.2 Å². The molecule has 0 radical (unpaired) electrons. The molecule has 1 N–H and O–H groups in total. The molecule has 0 spiro atoms. The molecule has 2 aliphatic rings. The van der Waals surface area contributed by atoms with Crippen LogP contribution in [0.4, 0.5) is 4.79 Å². The van der Waals surface area contributed by atoms with Gasteiger partial charge in [0.1, 0.15) is 17.7 Å². The number of para-hydroxylation sites is 1. The third kappa shape index (κ3) is 3.98. The molecule has 2 atom stereocenters. The first-order valence-electron chi connectivity index (χ1n) is 10.7. The Labute approximate surface area is 181 Å². The van der Waals surface area contributed by atoms with Gasteiger partial charge >= 0.3 is 12.1 Å². The highest BCUT2D eigenvalue weighted by atomic mass is 16.6. The van der Waals surface area contributed by atoms with E-state index in [0.29, 0.717) is 25.8 Å². The van der Waals surface area contributed by atoms with Gasteiger partial charge in [0.05, 0.1) is 13.7 Å². The van der Waals surface area contributed by atoms with E-state index in [1.807, 2.05) is 24.3 Å². The molecule has 0 aliphatic carbocycles. The van der Waals surface area contributed by atoms with E-state index in [4.69, 9.17) is 9.47 Å². The number of hydrogen-bond acceptors (Lipinski definition) is 5. The number of ether oxygens (including phenoxy) is 2. The second-order valence-corrected chi connectivity index (χ2v) is 9.17. The number of benzene rings is 1. The van der Waals surface area contributed by atoms with Crippen molar-refractivity contribution in [1.82, 2.24) is 14.8 Å². The molecule has 4 rings (SSSR count). The van der Waals surface area contributed by atoms with Crippen LogP contribution in [0, 0.1) is 0 Å². The highest BCUT2D eigenvalue weighted by Gasteiger charge is 2.44. The number of aromatic nitrogens is 1. The minimum atomic E-state index is -0.731. The summed E-state index contributed by atoms with van der Waals surface area (Å²) in [5.74, 6) is -0.700. The van der Waals surface area contributed by atoms with Crippen molar-refractivity contribution in [1.29, 1.82) is 0 Å². The first-order chi connectivity index (χ1) is 14.7. The summed E-state index contributed by atoms with van der Waals surface area (Å²) < 4.78 is 10.5. The lowest BCUT2D eigenvalue weighted by Gasteiger charge is -2.37. The summed E-state index contributed by atoms with van der Waals surface area (Å²) in [6.45, 7) is 6.12. The maximum absolute atomic E-state index is 13.6. The van der Waals surface area contributed by atoms with Gasteiger partial charge in [-0.15, -0.1) is 0 Å². The molecule has 2 aromatic rings. The highest BCUT2D eigenvalue weighted by molar-refractivity contribution is 5.92. The molecule has 1 aromatic carbocycles. The number of esters is 1. The van der Waals surface area contributed by atoms with Crippen LogP contribution in [-0.2, 0) is 32.0 Å². The largest absolute Gasteiger partial charge is 0.467 e. The minimum absolute atomic E-state index is 0.247. The quantitative estimate of drug-likeness (QED) is 0.744. The van der Waals surface area contributed by atoms with Crippen molar-refractivity contribution in [3.05, 3.63) is 35.5 Å². The number of rotatable bonds is 2. The normalized spacial score (nSPS) is 21.2. The Morgan fingerprint density at radius 2 is 1.84 bits per heavy atom. The summed E-state index contributed by atoms with van der Waals surface area (Å²) in [6, 6.07) is 6.52. The Balaban J connectivity index is 1.63. The molecule has 3 heterocycles. The van der Waals surface area contributed by atoms with Crippen LogP contribution in [0.25, 0.3) is 10.9 Å². The third-order valence-corrected chi connectivity index (χ3v) is 5.93. The van der Waals surface area contributed by atoms with Gasteiger partial charge in [-0.3, -0.25) is 9.69 Å². The van der Waals surface area contributed by atoms with Crippen LogP contribution in [0.3, 0.4) is 0 Å². The van der Waals surface area contributed by atoms with E-state index >= 15 is 0 Å². The van der Waals surface area contributed by atoms with Crippen molar-refractivity contribution in [2.24, 2.45) is 0 Å². The van der Waals surface area contributed by atoms with Crippen LogP contribution in [0.5, 0.6) is 0 Å². The van der Waals surface area contributed by atoms with Crippen molar-refractivity contribution in [2.45, 2.75) is 64.3 Å². The molecule has 31 heavy (non-hydrogen) atoms. The Kier molecular flexibility index (Phi) is 5.41. The zero-order valence-corrected chi connectivity index (χ0v) is 18.4. The number of H-pyrrole nitrogens is 1. The molecule has 2 amide bonds. The lowest BCUT2D eigenvalue weighted by molar-refractivity contribution is -0.155. The molecular formula is C23H29N3O5. The summed E-state index contributed by atoms with van der Waals surface area (Å²) in [5, 5.41) is 1.05. The van der Waals surface area contributed by atoms with E-state index in [9.17, 15) is 14.4 Å². The maximum Gasteiger partial charge on any atom is 0.410 e. The number of methoxy groups -OCH3 is 1. The number of carbonyl (C=O) groups excluding carboxylic acids is 3. The fourth-order valence-electron chi connectivity index (χ4n) is 4.54. The highest BCUT2D eigenvalue weighted by Crippen LogP contribution is 2.32. The number of amides is 2. The Bertz CT molecular complexity index is 1020. The van der Waals surface area contributed by atoms with Crippen LogP contribution in [0.2, 0.25) is 0 Å². The molecule has 0 saturated carbocycles. The van der Waals surface area contributed by atoms with Crippen molar-refractivity contribution < 1.29 is 23.9 Å². The average molecular weight is 428 g/mol. The summed E-state index contributed by atoms with van der Waals surface area (Å²) in [4.78, 5) is 45.3. The van der Waals surface area contributed by atoms with Crippen molar-refractivity contribution in [2.75, 3.05) is 13.7 Å². The second-order valence-electron chi connectivity index (χ2n) is 9.17. The molecule has 166 valence electrons. The van der Waals surface area contributed by atoms with Crippen LogP contribution < -0.4 is 0 Å². The zero-order chi connectivity index (χ0) is 22.3.